The molecule has 5 nitrogen and oxygen atoms in total. The fourth-order valence-electron chi connectivity index (χ4n) is 3.49. The summed E-state index contributed by atoms with van der Waals surface area (Å²) in [7, 11) is 1.67. The third-order valence-corrected chi connectivity index (χ3v) is 5.44. The summed E-state index contributed by atoms with van der Waals surface area (Å²) in [6.07, 6.45) is 0. The van der Waals surface area contributed by atoms with Gasteiger partial charge in [0.05, 0.1) is 7.11 Å². The first-order valence-corrected chi connectivity index (χ1v) is 9.66. The number of halogens is 1. The summed E-state index contributed by atoms with van der Waals surface area (Å²) in [6.45, 7) is 6.47. The monoisotopic (exact) mass is 418 g/mol. The van der Waals surface area contributed by atoms with Gasteiger partial charge < -0.3 is 14.2 Å². The normalized spacial score (nSPS) is 17.5. The van der Waals surface area contributed by atoms with Crippen molar-refractivity contribution in [1.82, 2.24) is 9.80 Å². The lowest BCUT2D eigenvalue weighted by atomic mass is 10.1. The minimum absolute atomic E-state index is 0.268. The fraction of sp³-hybridized carbons (Fsp3) is 0.400. The van der Waals surface area contributed by atoms with Crippen molar-refractivity contribution < 1.29 is 14.2 Å². The Morgan fingerprint density at radius 2 is 1.58 bits per heavy atom. The molecular weight excluding hydrogens is 396 g/mol. The van der Waals surface area contributed by atoms with Gasteiger partial charge in [-0.3, -0.25) is 9.80 Å². The van der Waals surface area contributed by atoms with E-state index in [1.54, 1.807) is 7.11 Å². The average Bonchev–Trinajstić information content (AvgIpc) is 3.13. The van der Waals surface area contributed by atoms with E-state index in [1.807, 2.05) is 0 Å². The summed E-state index contributed by atoms with van der Waals surface area (Å²) in [4.78, 5) is 5.00. The Morgan fingerprint density at radius 1 is 0.923 bits per heavy atom. The number of nitrogens with zero attached hydrogens (tertiary/aromatic N) is 2. The zero-order chi connectivity index (χ0) is 17.9. The summed E-state index contributed by atoms with van der Waals surface area (Å²) in [5.41, 5.74) is 2.56. The van der Waals surface area contributed by atoms with Gasteiger partial charge in [-0.25, -0.2) is 0 Å². The molecule has 138 valence electrons. The predicted octanol–water partition coefficient (Wildman–Crippen LogP) is 3.50. The summed E-state index contributed by atoms with van der Waals surface area (Å²) < 4.78 is 17.6. The van der Waals surface area contributed by atoms with Gasteiger partial charge in [-0.05, 0) is 35.4 Å². The van der Waals surface area contributed by atoms with Gasteiger partial charge in [-0.15, -0.1) is 0 Å². The lowest BCUT2D eigenvalue weighted by Gasteiger charge is -2.34. The number of ether oxygens (including phenoxy) is 3. The van der Waals surface area contributed by atoms with Crippen molar-refractivity contribution in [3.05, 3.63) is 52.0 Å². The summed E-state index contributed by atoms with van der Waals surface area (Å²) >= 11 is 3.49. The average molecular weight is 419 g/mol. The van der Waals surface area contributed by atoms with Crippen LogP contribution in [0.5, 0.6) is 17.2 Å². The van der Waals surface area contributed by atoms with Gasteiger partial charge in [-0.1, -0.05) is 28.1 Å². The Bertz CT molecular complexity index is 758. The maximum atomic E-state index is 5.53. The van der Waals surface area contributed by atoms with Gasteiger partial charge in [0.2, 0.25) is 12.5 Å². The summed E-state index contributed by atoms with van der Waals surface area (Å²) in [6, 6.07) is 12.7. The number of piperazine rings is 1. The lowest BCUT2D eigenvalue weighted by molar-refractivity contribution is 0.122. The first-order valence-electron chi connectivity index (χ1n) is 8.87. The van der Waals surface area contributed by atoms with Crippen LogP contribution in [0.15, 0.2) is 40.9 Å². The minimum Gasteiger partial charge on any atom is -0.493 e. The van der Waals surface area contributed by atoms with Crippen LogP contribution in [0.1, 0.15) is 11.1 Å². The zero-order valence-electron chi connectivity index (χ0n) is 14.9. The molecule has 0 aromatic heterocycles. The topological polar surface area (TPSA) is 34.2 Å². The van der Waals surface area contributed by atoms with Gasteiger partial charge in [0, 0.05) is 43.7 Å². The number of hydrogen-bond donors (Lipinski definition) is 0. The summed E-state index contributed by atoms with van der Waals surface area (Å²) in [5.74, 6) is 2.26. The predicted molar refractivity (Wildman–Crippen MR) is 104 cm³/mol. The van der Waals surface area contributed by atoms with E-state index in [1.165, 1.54) is 11.1 Å². The van der Waals surface area contributed by atoms with Gasteiger partial charge >= 0.3 is 0 Å². The van der Waals surface area contributed by atoms with Crippen LogP contribution < -0.4 is 14.2 Å². The van der Waals surface area contributed by atoms with Crippen molar-refractivity contribution in [2.24, 2.45) is 0 Å². The molecule has 2 aliphatic rings. The zero-order valence-corrected chi connectivity index (χ0v) is 16.5. The molecule has 0 N–H and O–H groups in total. The van der Waals surface area contributed by atoms with Crippen LogP contribution in [0.3, 0.4) is 0 Å². The van der Waals surface area contributed by atoms with Crippen molar-refractivity contribution in [1.29, 1.82) is 0 Å². The van der Waals surface area contributed by atoms with Gasteiger partial charge in [0.1, 0.15) is 0 Å². The Kier molecular flexibility index (Phi) is 5.33. The molecule has 0 radical (unpaired) electrons. The number of fused-ring (bicyclic) bond motifs is 1. The molecule has 0 spiro atoms. The molecule has 0 saturated carbocycles. The van der Waals surface area contributed by atoms with Crippen LogP contribution in [0.25, 0.3) is 0 Å². The smallest absolute Gasteiger partial charge is 0.231 e. The largest absolute Gasteiger partial charge is 0.493 e. The number of hydrogen-bond acceptors (Lipinski definition) is 5. The highest BCUT2D eigenvalue weighted by Crippen LogP contribution is 2.42. The molecule has 2 heterocycles. The van der Waals surface area contributed by atoms with Crippen LogP contribution in [0.4, 0.5) is 0 Å². The van der Waals surface area contributed by atoms with E-state index in [0.29, 0.717) is 0 Å². The van der Waals surface area contributed by atoms with Crippen LogP contribution in [0, 0.1) is 0 Å². The van der Waals surface area contributed by atoms with Crippen LogP contribution in [-0.2, 0) is 13.1 Å². The van der Waals surface area contributed by atoms with E-state index >= 15 is 0 Å². The molecule has 0 atom stereocenters. The quantitative estimate of drug-likeness (QED) is 0.741. The Labute approximate surface area is 162 Å². The highest BCUT2D eigenvalue weighted by molar-refractivity contribution is 9.10. The lowest BCUT2D eigenvalue weighted by Crippen LogP contribution is -2.45. The van der Waals surface area contributed by atoms with E-state index in [0.717, 1.165) is 61.0 Å². The SMILES string of the molecule is COc1cc(CN2CCN(Cc3ccc(Br)cc3)CC2)cc2c1OCO2. The summed E-state index contributed by atoms with van der Waals surface area (Å²) in [5, 5.41) is 0. The van der Waals surface area contributed by atoms with Crippen LogP contribution >= 0.6 is 15.9 Å². The third-order valence-electron chi connectivity index (χ3n) is 4.91. The van der Waals surface area contributed by atoms with E-state index in [4.69, 9.17) is 14.2 Å². The first-order chi connectivity index (χ1) is 12.7. The van der Waals surface area contributed by atoms with Crippen LogP contribution in [0.2, 0.25) is 0 Å². The van der Waals surface area contributed by atoms with Gasteiger partial charge in [0.15, 0.2) is 11.5 Å². The van der Waals surface area contributed by atoms with Gasteiger partial charge in [0.25, 0.3) is 0 Å². The molecule has 0 aliphatic carbocycles. The standard InChI is InChI=1S/C20H23BrN2O3/c1-24-18-10-16(11-19-20(18)26-14-25-19)13-23-8-6-22(7-9-23)12-15-2-4-17(21)5-3-15/h2-5,10-11H,6-9,12-14H2,1H3. The van der Waals surface area contributed by atoms with E-state index < -0.39 is 0 Å². The van der Waals surface area contributed by atoms with Crippen molar-refractivity contribution in [3.8, 4) is 17.2 Å². The van der Waals surface area contributed by atoms with Crippen molar-refractivity contribution in [2.75, 3.05) is 40.1 Å². The maximum absolute atomic E-state index is 5.53. The van der Waals surface area contributed by atoms with E-state index in [-0.39, 0.29) is 6.79 Å². The van der Waals surface area contributed by atoms with Gasteiger partial charge in [-0.2, -0.15) is 0 Å². The molecule has 1 saturated heterocycles. The van der Waals surface area contributed by atoms with Crippen molar-refractivity contribution >= 4 is 15.9 Å². The molecule has 0 bridgehead atoms. The highest BCUT2D eigenvalue weighted by Gasteiger charge is 2.22. The highest BCUT2D eigenvalue weighted by atomic mass is 79.9. The van der Waals surface area contributed by atoms with E-state index in [9.17, 15) is 0 Å². The number of methoxy groups -OCH3 is 1. The first kappa shape index (κ1) is 17.6. The molecule has 2 aromatic rings. The van der Waals surface area contributed by atoms with Crippen LogP contribution in [-0.4, -0.2) is 49.9 Å². The molecule has 6 heteroatoms. The molecule has 0 unspecified atom stereocenters. The fourth-order valence-corrected chi connectivity index (χ4v) is 3.75. The Morgan fingerprint density at radius 3 is 2.23 bits per heavy atom. The molecule has 4 rings (SSSR count). The number of benzene rings is 2. The number of rotatable bonds is 5. The second kappa shape index (κ2) is 7.86. The molecule has 0 amide bonds. The molecule has 2 aromatic carbocycles. The minimum atomic E-state index is 0.268. The maximum Gasteiger partial charge on any atom is 0.231 e. The second-order valence-electron chi connectivity index (χ2n) is 6.71. The van der Waals surface area contributed by atoms with Crippen molar-refractivity contribution in [2.45, 2.75) is 13.1 Å². The Balaban J connectivity index is 1.33. The Hall–Kier alpha value is -1.76. The molecule has 26 heavy (non-hydrogen) atoms. The molecule has 2 aliphatic heterocycles. The molecule has 1 fully saturated rings. The molecular formula is C20H23BrN2O3. The van der Waals surface area contributed by atoms with E-state index in [2.05, 4.69) is 62.1 Å². The van der Waals surface area contributed by atoms with Crippen molar-refractivity contribution in [3.63, 3.8) is 0 Å². The third kappa shape index (κ3) is 3.98. The second-order valence-corrected chi connectivity index (χ2v) is 7.63.